The summed E-state index contributed by atoms with van der Waals surface area (Å²) in [6, 6.07) is 5.52. The van der Waals surface area contributed by atoms with Gasteiger partial charge in [-0.3, -0.25) is 0 Å². The molecule has 0 saturated heterocycles. The molecule has 3 nitrogen and oxygen atoms in total. The van der Waals surface area contributed by atoms with Gasteiger partial charge in [0.2, 0.25) is 0 Å². The Morgan fingerprint density at radius 1 is 1.26 bits per heavy atom. The molecular formula is C16H24O3. The molecule has 0 radical (unpaired) electrons. The molecule has 1 rings (SSSR count). The van der Waals surface area contributed by atoms with Crippen LogP contribution in [0.15, 0.2) is 18.2 Å². The third kappa shape index (κ3) is 5.33. The summed E-state index contributed by atoms with van der Waals surface area (Å²) in [6.07, 6.45) is 0. The van der Waals surface area contributed by atoms with Gasteiger partial charge in [0.15, 0.2) is 0 Å². The molecule has 0 saturated carbocycles. The molecule has 0 aliphatic rings. The molecule has 106 valence electrons. The Morgan fingerprint density at radius 2 is 1.89 bits per heavy atom. The molecule has 0 spiro atoms. The number of hydrogen-bond donors (Lipinski definition) is 0. The minimum Gasteiger partial charge on any atom is -0.493 e. The summed E-state index contributed by atoms with van der Waals surface area (Å²) in [4.78, 5) is 12.1. The Labute approximate surface area is 115 Å². The van der Waals surface area contributed by atoms with Crippen molar-refractivity contribution >= 4 is 5.97 Å². The second-order valence-electron chi connectivity index (χ2n) is 6.18. The third-order valence-electron chi connectivity index (χ3n) is 2.41. The van der Waals surface area contributed by atoms with Crippen LogP contribution in [0.3, 0.4) is 0 Å². The maximum absolute atomic E-state index is 12.1. The molecular weight excluding hydrogens is 240 g/mol. The van der Waals surface area contributed by atoms with Crippen LogP contribution >= 0.6 is 0 Å². The Hall–Kier alpha value is -1.51. The largest absolute Gasteiger partial charge is 0.493 e. The van der Waals surface area contributed by atoms with Crippen LogP contribution in [0.25, 0.3) is 0 Å². The molecule has 19 heavy (non-hydrogen) atoms. The molecule has 1 aromatic rings. The summed E-state index contributed by atoms with van der Waals surface area (Å²) in [5.74, 6) is 0.853. The standard InChI is InChI=1S/C16H24O3/c1-11(2)10-18-13-8-7-12(3)14(9-13)15(17)19-16(4,5)6/h7-9,11H,10H2,1-6H3. The number of rotatable bonds is 4. The first kappa shape index (κ1) is 15.5. The van der Waals surface area contributed by atoms with E-state index in [9.17, 15) is 4.79 Å². The van der Waals surface area contributed by atoms with Gasteiger partial charge in [-0.05, 0) is 51.3 Å². The smallest absolute Gasteiger partial charge is 0.339 e. The number of carbonyl (C=O) groups is 1. The van der Waals surface area contributed by atoms with Gasteiger partial charge < -0.3 is 9.47 Å². The molecule has 3 heteroatoms. The lowest BCUT2D eigenvalue weighted by Crippen LogP contribution is -2.24. The Morgan fingerprint density at radius 3 is 2.42 bits per heavy atom. The molecule has 0 aliphatic carbocycles. The normalized spacial score (nSPS) is 11.5. The number of aryl methyl sites for hydroxylation is 1. The first-order valence-corrected chi connectivity index (χ1v) is 6.66. The van der Waals surface area contributed by atoms with Gasteiger partial charge in [0.25, 0.3) is 0 Å². The van der Waals surface area contributed by atoms with E-state index in [1.54, 1.807) is 6.07 Å². The molecule has 0 heterocycles. The van der Waals surface area contributed by atoms with E-state index >= 15 is 0 Å². The van der Waals surface area contributed by atoms with Crippen molar-refractivity contribution in [2.45, 2.75) is 47.1 Å². The van der Waals surface area contributed by atoms with Crippen LogP contribution < -0.4 is 4.74 Å². The number of carbonyl (C=O) groups excluding carboxylic acids is 1. The fraction of sp³-hybridized carbons (Fsp3) is 0.562. The first-order chi connectivity index (χ1) is 8.69. The third-order valence-corrected chi connectivity index (χ3v) is 2.41. The van der Waals surface area contributed by atoms with Crippen LogP contribution in [0.1, 0.15) is 50.5 Å². The van der Waals surface area contributed by atoms with Crippen molar-refractivity contribution in [3.05, 3.63) is 29.3 Å². The second-order valence-corrected chi connectivity index (χ2v) is 6.18. The van der Waals surface area contributed by atoms with Gasteiger partial charge in [-0.2, -0.15) is 0 Å². The van der Waals surface area contributed by atoms with E-state index in [1.807, 2.05) is 39.8 Å². The highest BCUT2D eigenvalue weighted by Crippen LogP contribution is 2.21. The lowest BCUT2D eigenvalue weighted by molar-refractivity contribution is 0.00683. The van der Waals surface area contributed by atoms with Crippen molar-refractivity contribution < 1.29 is 14.3 Å². The van der Waals surface area contributed by atoms with E-state index in [4.69, 9.17) is 9.47 Å². The molecule has 0 bridgehead atoms. The highest BCUT2D eigenvalue weighted by Gasteiger charge is 2.19. The lowest BCUT2D eigenvalue weighted by Gasteiger charge is -2.20. The Kier molecular flexibility index (Phi) is 4.98. The Bertz CT molecular complexity index is 442. The van der Waals surface area contributed by atoms with Crippen LogP contribution in [-0.4, -0.2) is 18.2 Å². The molecule has 0 fully saturated rings. The van der Waals surface area contributed by atoms with Crippen LogP contribution in [0.5, 0.6) is 5.75 Å². The topological polar surface area (TPSA) is 35.5 Å². The number of ether oxygens (including phenoxy) is 2. The van der Waals surface area contributed by atoms with Crippen molar-refractivity contribution in [2.24, 2.45) is 5.92 Å². The molecule has 0 unspecified atom stereocenters. The van der Waals surface area contributed by atoms with Crippen LogP contribution in [0, 0.1) is 12.8 Å². The fourth-order valence-electron chi connectivity index (χ4n) is 1.51. The van der Waals surface area contributed by atoms with Gasteiger partial charge >= 0.3 is 5.97 Å². The predicted molar refractivity (Wildman–Crippen MR) is 76.7 cm³/mol. The van der Waals surface area contributed by atoms with E-state index in [0.717, 1.165) is 5.56 Å². The van der Waals surface area contributed by atoms with Gasteiger partial charge in [-0.25, -0.2) is 4.79 Å². The maximum atomic E-state index is 12.1. The van der Waals surface area contributed by atoms with Gasteiger partial charge in [0, 0.05) is 0 Å². The molecule has 1 aromatic carbocycles. The molecule has 0 aliphatic heterocycles. The summed E-state index contributed by atoms with van der Waals surface area (Å²) in [7, 11) is 0. The summed E-state index contributed by atoms with van der Waals surface area (Å²) in [6.45, 7) is 12.3. The first-order valence-electron chi connectivity index (χ1n) is 6.66. The van der Waals surface area contributed by atoms with Crippen molar-refractivity contribution in [1.82, 2.24) is 0 Å². The summed E-state index contributed by atoms with van der Waals surface area (Å²) >= 11 is 0. The maximum Gasteiger partial charge on any atom is 0.339 e. The minimum absolute atomic E-state index is 0.306. The average Bonchev–Trinajstić information content (AvgIpc) is 2.25. The summed E-state index contributed by atoms with van der Waals surface area (Å²) in [5.41, 5.74) is 0.973. The van der Waals surface area contributed by atoms with Gasteiger partial charge in [0.1, 0.15) is 11.4 Å². The number of hydrogen-bond acceptors (Lipinski definition) is 3. The van der Waals surface area contributed by atoms with Crippen molar-refractivity contribution in [3.8, 4) is 5.75 Å². The lowest BCUT2D eigenvalue weighted by atomic mass is 10.1. The van der Waals surface area contributed by atoms with Gasteiger partial charge in [-0.1, -0.05) is 19.9 Å². The van der Waals surface area contributed by atoms with E-state index in [-0.39, 0.29) is 5.97 Å². The van der Waals surface area contributed by atoms with Gasteiger partial charge in [-0.15, -0.1) is 0 Å². The zero-order valence-electron chi connectivity index (χ0n) is 12.7. The molecule has 0 atom stereocenters. The predicted octanol–water partition coefficient (Wildman–Crippen LogP) is 3.99. The van der Waals surface area contributed by atoms with Crippen LogP contribution in [0.4, 0.5) is 0 Å². The van der Waals surface area contributed by atoms with Crippen molar-refractivity contribution in [2.75, 3.05) is 6.61 Å². The molecule has 0 aromatic heterocycles. The Balaban J connectivity index is 2.88. The number of esters is 1. The van der Waals surface area contributed by atoms with E-state index < -0.39 is 5.60 Å². The van der Waals surface area contributed by atoms with Gasteiger partial charge in [0.05, 0.1) is 12.2 Å². The van der Waals surface area contributed by atoms with E-state index in [2.05, 4.69) is 13.8 Å². The van der Waals surface area contributed by atoms with Crippen LogP contribution in [-0.2, 0) is 4.74 Å². The molecule has 0 amide bonds. The monoisotopic (exact) mass is 264 g/mol. The van der Waals surface area contributed by atoms with Crippen molar-refractivity contribution in [3.63, 3.8) is 0 Å². The number of benzene rings is 1. The quantitative estimate of drug-likeness (QED) is 0.771. The van der Waals surface area contributed by atoms with E-state index in [0.29, 0.717) is 23.8 Å². The SMILES string of the molecule is Cc1ccc(OCC(C)C)cc1C(=O)OC(C)(C)C. The van der Waals surface area contributed by atoms with Crippen LogP contribution in [0.2, 0.25) is 0 Å². The van der Waals surface area contributed by atoms with Crippen molar-refractivity contribution in [1.29, 1.82) is 0 Å². The minimum atomic E-state index is -0.488. The van der Waals surface area contributed by atoms with E-state index in [1.165, 1.54) is 0 Å². The fourth-order valence-corrected chi connectivity index (χ4v) is 1.51. The average molecular weight is 264 g/mol. The second kappa shape index (κ2) is 6.09. The summed E-state index contributed by atoms with van der Waals surface area (Å²) < 4.78 is 11.0. The summed E-state index contributed by atoms with van der Waals surface area (Å²) in [5, 5.41) is 0. The molecule has 0 N–H and O–H groups in total. The zero-order chi connectivity index (χ0) is 14.6. The highest BCUT2D eigenvalue weighted by molar-refractivity contribution is 5.91. The highest BCUT2D eigenvalue weighted by atomic mass is 16.6. The zero-order valence-corrected chi connectivity index (χ0v) is 12.7.